The molecule has 1 amide bonds. The first-order valence-electron chi connectivity index (χ1n) is 11.9. The van der Waals surface area contributed by atoms with Crippen LogP contribution in [-0.4, -0.2) is 38.1 Å². The molecule has 8 heteroatoms. The third kappa shape index (κ3) is 4.46. The van der Waals surface area contributed by atoms with Gasteiger partial charge in [-0.05, 0) is 72.2 Å². The lowest BCUT2D eigenvalue weighted by molar-refractivity contribution is -0.132. The smallest absolute Gasteiger partial charge is 0.300 e. The number of benzene rings is 2. The number of thiophene rings is 1. The van der Waals surface area contributed by atoms with Crippen LogP contribution in [0.5, 0.6) is 17.2 Å². The zero-order chi connectivity index (χ0) is 27.0. The normalized spacial score (nSPS) is 17.0. The van der Waals surface area contributed by atoms with Gasteiger partial charge in [-0.1, -0.05) is 13.8 Å². The number of aliphatic hydroxyl groups excluding tert-OH is 1. The molecule has 37 heavy (non-hydrogen) atoms. The SMILES string of the molecule is COc1ccc(N2C(=O)C(=O)/C(=C(/O)c3cc(C(C)C)c(OC)cc3C)C2c2sccc2C)cc1OC. The van der Waals surface area contributed by atoms with Crippen LogP contribution >= 0.6 is 11.3 Å². The third-order valence-electron chi connectivity index (χ3n) is 6.69. The van der Waals surface area contributed by atoms with Crippen LogP contribution in [0.1, 0.15) is 52.9 Å². The summed E-state index contributed by atoms with van der Waals surface area (Å²) in [6, 6.07) is 9.88. The van der Waals surface area contributed by atoms with Gasteiger partial charge in [-0.15, -0.1) is 11.3 Å². The number of anilines is 1. The lowest BCUT2D eigenvalue weighted by Gasteiger charge is -2.26. The molecule has 1 fully saturated rings. The van der Waals surface area contributed by atoms with Crippen molar-refractivity contribution < 1.29 is 28.9 Å². The summed E-state index contributed by atoms with van der Waals surface area (Å²) < 4.78 is 16.3. The minimum absolute atomic E-state index is 0.0494. The second-order valence-corrected chi connectivity index (χ2v) is 10.2. The molecule has 0 aliphatic carbocycles. The van der Waals surface area contributed by atoms with E-state index in [9.17, 15) is 14.7 Å². The Morgan fingerprint density at radius 3 is 2.16 bits per heavy atom. The highest BCUT2D eigenvalue weighted by atomic mass is 32.1. The number of ketones is 1. The molecule has 0 bridgehead atoms. The van der Waals surface area contributed by atoms with Crippen LogP contribution in [0.4, 0.5) is 5.69 Å². The first-order chi connectivity index (χ1) is 17.6. The molecule has 0 saturated carbocycles. The summed E-state index contributed by atoms with van der Waals surface area (Å²) in [4.78, 5) is 29.3. The number of hydrogen-bond acceptors (Lipinski definition) is 7. The van der Waals surface area contributed by atoms with Crippen molar-refractivity contribution in [2.45, 2.75) is 39.7 Å². The highest BCUT2D eigenvalue weighted by Gasteiger charge is 2.48. The highest BCUT2D eigenvalue weighted by Crippen LogP contribution is 2.47. The van der Waals surface area contributed by atoms with E-state index in [1.807, 2.05) is 51.3 Å². The summed E-state index contributed by atoms with van der Waals surface area (Å²) in [5, 5.41) is 13.6. The quantitative estimate of drug-likeness (QED) is 0.228. The Labute approximate surface area is 220 Å². The number of carbonyl (C=O) groups excluding carboxylic acids is 2. The first kappa shape index (κ1) is 26.3. The van der Waals surface area contributed by atoms with Crippen molar-refractivity contribution in [3.63, 3.8) is 0 Å². The largest absolute Gasteiger partial charge is 0.507 e. The topological polar surface area (TPSA) is 85.3 Å². The monoisotopic (exact) mass is 521 g/mol. The predicted octanol–water partition coefficient (Wildman–Crippen LogP) is 6.14. The molecule has 1 N–H and O–H groups in total. The Bertz CT molecular complexity index is 1400. The average Bonchev–Trinajstić information content (AvgIpc) is 3.42. The van der Waals surface area contributed by atoms with Gasteiger partial charge in [0.15, 0.2) is 11.5 Å². The van der Waals surface area contributed by atoms with Gasteiger partial charge in [-0.3, -0.25) is 14.5 Å². The number of aliphatic hydroxyl groups is 1. The lowest BCUT2D eigenvalue weighted by atomic mass is 9.92. The van der Waals surface area contributed by atoms with Gasteiger partial charge in [-0.2, -0.15) is 0 Å². The number of nitrogens with zero attached hydrogens (tertiary/aromatic N) is 1. The van der Waals surface area contributed by atoms with E-state index < -0.39 is 17.7 Å². The van der Waals surface area contributed by atoms with Gasteiger partial charge in [0, 0.05) is 22.2 Å². The molecule has 1 aliphatic rings. The van der Waals surface area contributed by atoms with Crippen LogP contribution in [0.2, 0.25) is 0 Å². The van der Waals surface area contributed by atoms with Crippen molar-refractivity contribution in [3.05, 3.63) is 74.5 Å². The number of ether oxygens (including phenoxy) is 3. The van der Waals surface area contributed by atoms with E-state index in [-0.39, 0.29) is 17.3 Å². The fourth-order valence-corrected chi connectivity index (χ4v) is 5.74. The zero-order valence-electron chi connectivity index (χ0n) is 22.0. The standard InChI is InChI=1S/C29H31NO6S/c1-15(2)19-14-20(17(4)12-22(19)35-6)26(31)24-25(28-16(3)10-11-37-28)30(29(33)27(24)32)18-8-9-21(34-5)23(13-18)36-7/h8-15,25,31H,1-7H3/b26-24+. The van der Waals surface area contributed by atoms with Gasteiger partial charge in [0.25, 0.3) is 11.7 Å². The fourth-order valence-electron chi connectivity index (χ4n) is 4.71. The van der Waals surface area contributed by atoms with Crippen molar-refractivity contribution in [3.8, 4) is 17.2 Å². The van der Waals surface area contributed by atoms with Crippen LogP contribution in [-0.2, 0) is 9.59 Å². The number of hydrogen-bond donors (Lipinski definition) is 1. The number of amides is 1. The van der Waals surface area contributed by atoms with Gasteiger partial charge in [-0.25, -0.2) is 0 Å². The third-order valence-corrected chi connectivity index (χ3v) is 7.76. The van der Waals surface area contributed by atoms with E-state index in [1.54, 1.807) is 25.3 Å². The Balaban J connectivity index is 1.98. The second-order valence-electron chi connectivity index (χ2n) is 9.24. The molecule has 2 heterocycles. The number of Topliss-reactive ketones (excluding diaryl/α,β-unsaturated/α-hetero) is 1. The maximum absolute atomic E-state index is 13.6. The van der Waals surface area contributed by atoms with E-state index in [0.29, 0.717) is 28.5 Å². The lowest BCUT2D eigenvalue weighted by Crippen LogP contribution is -2.29. The van der Waals surface area contributed by atoms with Gasteiger partial charge in [0.1, 0.15) is 17.6 Å². The van der Waals surface area contributed by atoms with Crippen molar-refractivity contribution in [2.24, 2.45) is 0 Å². The second kappa shape index (κ2) is 10.3. The first-order valence-corrected chi connectivity index (χ1v) is 12.8. The Morgan fingerprint density at radius 1 is 0.919 bits per heavy atom. The molecule has 1 unspecified atom stereocenters. The summed E-state index contributed by atoms with van der Waals surface area (Å²) in [5.41, 5.74) is 3.56. The minimum atomic E-state index is -0.804. The summed E-state index contributed by atoms with van der Waals surface area (Å²) >= 11 is 1.43. The summed E-state index contributed by atoms with van der Waals surface area (Å²) in [6.45, 7) is 7.83. The van der Waals surface area contributed by atoms with E-state index >= 15 is 0 Å². The molecule has 0 radical (unpaired) electrons. The molecular weight excluding hydrogens is 490 g/mol. The summed E-state index contributed by atoms with van der Waals surface area (Å²) in [7, 11) is 4.64. The van der Waals surface area contributed by atoms with Crippen LogP contribution < -0.4 is 19.1 Å². The van der Waals surface area contributed by atoms with Crippen LogP contribution in [0.3, 0.4) is 0 Å². The molecule has 0 spiro atoms. The molecule has 1 aliphatic heterocycles. The van der Waals surface area contributed by atoms with Crippen molar-refractivity contribution in [2.75, 3.05) is 26.2 Å². The molecule has 1 atom stereocenters. The number of aryl methyl sites for hydroxylation is 2. The van der Waals surface area contributed by atoms with E-state index in [1.165, 1.54) is 30.5 Å². The number of rotatable bonds is 7. The Kier molecular flexibility index (Phi) is 7.32. The Hall–Kier alpha value is -3.78. The average molecular weight is 522 g/mol. The number of carbonyl (C=O) groups is 2. The molecule has 4 rings (SSSR count). The van der Waals surface area contributed by atoms with Gasteiger partial charge in [0.05, 0.1) is 26.9 Å². The van der Waals surface area contributed by atoms with Gasteiger partial charge >= 0.3 is 0 Å². The molecule has 7 nitrogen and oxygen atoms in total. The van der Waals surface area contributed by atoms with Crippen LogP contribution in [0.15, 0.2) is 47.4 Å². The van der Waals surface area contributed by atoms with Crippen molar-refractivity contribution >= 4 is 34.5 Å². The molecule has 194 valence electrons. The molecule has 1 saturated heterocycles. The van der Waals surface area contributed by atoms with Crippen molar-refractivity contribution in [1.29, 1.82) is 0 Å². The molecular formula is C29H31NO6S. The zero-order valence-corrected chi connectivity index (χ0v) is 22.9. The van der Waals surface area contributed by atoms with E-state index in [4.69, 9.17) is 14.2 Å². The Morgan fingerprint density at radius 2 is 1.59 bits per heavy atom. The van der Waals surface area contributed by atoms with Crippen LogP contribution in [0, 0.1) is 13.8 Å². The predicted molar refractivity (Wildman–Crippen MR) is 145 cm³/mol. The number of methoxy groups -OCH3 is 3. The van der Waals surface area contributed by atoms with E-state index in [2.05, 4.69) is 0 Å². The van der Waals surface area contributed by atoms with Crippen LogP contribution in [0.25, 0.3) is 5.76 Å². The fraction of sp³-hybridized carbons (Fsp3) is 0.310. The molecule has 2 aromatic carbocycles. The molecule has 3 aromatic rings. The maximum Gasteiger partial charge on any atom is 0.300 e. The van der Waals surface area contributed by atoms with E-state index in [0.717, 1.165) is 21.6 Å². The van der Waals surface area contributed by atoms with Crippen molar-refractivity contribution in [1.82, 2.24) is 0 Å². The summed E-state index contributed by atoms with van der Waals surface area (Å²) in [6.07, 6.45) is 0. The highest BCUT2D eigenvalue weighted by molar-refractivity contribution is 7.10. The molecule has 1 aromatic heterocycles. The summed E-state index contributed by atoms with van der Waals surface area (Å²) in [5.74, 6) is 0.0828. The van der Waals surface area contributed by atoms with Gasteiger partial charge in [0.2, 0.25) is 0 Å². The maximum atomic E-state index is 13.6. The minimum Gasteiger partial charge on any atom is -0.507 e. The van der Waals surface area contributed by atoms with Gasteiger partial charge < -0.3 is 19.3 Å².